The van der Waals surface area contributed by atoms with Gasteiger partial charge >= 0.3 is 6.61 Å². The van der Waals surface area contributed by atoms with Crippen molar-refractivity contribution in [1.82, 2.24) is 14.9 Å². The minimum Gasteiger partial charge on any atom is -0.435 e. The minimum atomic E-state index is -2.94. The maximum atomic E-state index is 13.0. The van der Waals surface area contributed by atoms with Crippen molar-refractivity contribution >= 4 is 17.2 Å². The number of para-hydroxylation sites is 1. The van der Waals surface area contributed by atoms with Gasteiger partial charge in [0.2, 0.25) is 5.28 Å². The van der Waals surface area contributed by atoms with Gasteiger partial charge in [-0.05, 0) is 42.7 Å². The number of nitrogens with zero attached hydrogens (tertiary/aromatic N) is 3. The molecule has 2 aliphatic rings. The van der Waals surface area contributed by atoms with Crippen molar-refractivity contribution in [3.8, 4) is 5.75 Å². The second kappa shape index (κ2) is 8.61. The van der Waals surface area contributed by atoms with Gasteiger partial charge < -0.3 is 14.7 Å². The summed E-state index contributed by atoms with van der Waals surface area (Å²) in [7, 11) is 0. The number of hydrogen-bond acceptors (Lipinski definition) is 5. The highest BCUT2D eigenvalue weighted by Crippen LogP contribution is 2.46. The number of rotatable bonds is 5. The fourth-order valence-corrected chi connectivity index (χ4v) is 4.05. The number of alkyl halides is 2. The molecule has 0 bridgehead atoms. The molecule has 1 aliphatic heterocycles. The van der Waals surface area contributed by atoms with Crippen molar-refractivity contribution in [2.75, 3.05) is 0 Å². The van der Waals surface area contributed by atoms with Crippen LogP contribution in [0.15, 0.2) is 78.6 Å². The molecule has 1 aromatic heterocycles. The van der Waals surface area contributed by atoms with Gasteiger partial charge in [-0.25, -0.2) is 9.97 Å². The molecule has 4 rings (SSSR count). The fraction of sp³-hybridized carbons (Fsp3) is 0.217. The number of aliphatic hydroxyl groups excluding tert-OH is 1. The third-order valence-electron chi connectivity index (χ3n) is 5.45. The molecule has 0 amide bonds. The van der Waals surface area contributed by atoms with Crippen LogP contribution in [-0.2, 0) is 0 Å². The topological polar surface area (TPSA) is 58.5 Å². The zero-order valence-corrected chi connectivity index (χ0v) is 17.4. The highest BCUT2D eigenvalue weighted by Gasteiger charge is 2.37. The largest absolute Gasteiger partial charge is 0.435 e. The van der Waals surface area contributed by atoms with Crippen LogP contribution < -0.4 is 4.74 Å². The molecule has 2 aromatic rings. The predicted octanol–water partition coefficient (Wildman–Crippen LogP) is 5.28. The fourth-order valence-electron chi connectivity index (χ4n) is 3.95. The molecule has 2 heterocycles. The summed E-state index contributed by atoms with van der Waals surface area (Å²) in [6.45, 7) is 3.01. The normalized spacial score (nSPS) is 21.2. The van der Waals surface area contributed by atoms with Gasteiger partial charge in [0.1, 0.15) is 5.75 Å². The van der Waals surface area contributed by atoms with Crippen LogP contribution in [-0.4, -0.2) is 32.7 Å². The smallest absolute Gasteiger partial charge is 0.387 e. The van der Waals surface area contributed by atoms with Crippen molar-refractivity contribution in [3.63, 3.8) is 0 Å². The Hall–Kier alpha value is -3.03. The number of allylic oxidation sites excluding steroid dienone is 4. The Morgan fingerprint density at radius 3 is 2.65 bits per heavy atom. The Labute approximate surface area is 183 Å². The van der Waals surface area contributed by atoms with E-state index in [1.54, 1.807) is 30.6 Å². The first kappa shape index (κ1) is 21.2. The van der Waals surface area contributed by atoms with E-state index in [1.165, 1.54) is 6.07 Å². The lowest BCUT2D eigenvalue weighted by atomic mass is 9.93. The van der Waals surface area contributed by atoms with Crippen LogP contribution in [0.5, 0.6) is 5.75 Å². The Bertz CT molecular complexity index is 1100. The molecule has 0 radical (unpaired) electrons. The Morgan fingerprint density at radius 2 is 1.94 bits per heavy atom. The number of aromatic nitrogens is 2. The van der Waals surface area contributed by atoms with Crippen molar-refractivity contribution in [2.24, 2.45) is 0 Å². The first-order valence-corrected chi connectivity index (χ1v) is 10.0. The van der Waals surface area contributed by atoms with Gasteiger partial charge in [-0.2, -0.15) is 8.78 Å². The van der Waals surface area contributed by atoms with E-state index in [2.05, 4.69) is 16.5 Å². The molecule has 0 saturated carbocycles. The zero-order chi connectivity index (χ0) is 22.1. The minimum absolute atomic E-state index is 0.0929. The molecule has 8 heteroatoms. The van der Waals surface area contributed by atoms with E-state index in [0.717, 1.165) is 22.4 Å². The van der Waals surface area contributed by atoms with E-state index in [0.29, 0.717) is 17.7 Å². The molecule has 0 spiro atoms. The monoisotopic (exact) mass is 443 g/mol. The molecule has 160 valence electrons. The second-order valence-electron chi connectivity index (χ2n) is 7.31. The summed E-state index contributed by atoms with van der Waals surface area (Å²) >= 11 is 5.79. The number of aliphatic hydroxyl groups is 1. The molecule has 1 aliphatic carbocycles. The molecule has 2 unspecified atom stereocenters. The van der Waals surface area contributed by atoms with Crippen molar-refractivity contribution in [1.29, 1.82) is 0 Å². The average Bonchev–Trinajstić information content (AvgIpc) is 3.03. The summed E-state index contributed by atoms with van der Waals surface area (Å²) < 4.78 is 30.7. The molecule has 2 atom stereocenters. The summed E-state index contributed by atoms with van der Waals surface area (Å²) in [6, 6.07) is 6.66. The SMILES string of the molecule is C=C1C=CC(c2cnc(Cl)nc2)=CN1C1=C(C)C(O)CC1c1ccccc1OC(F)F. The van der Waals surface area contributed by atoms with Gasteiger partial charge in [0.15, 0.2) is 0 Å². The van der Waals surface area contributed by atoms with Crippen LogP contribution in [0.4, 0.5) is 8.78 Å². The molecule has 0 fully saturated rings. The van der Waals surface area contributed by atoms with Crippen molar-refractivity contribution < 1.29 is 18.6 Å². The van der Waals surface area contributed by atoms with E-state index in [9.17, 15) is 13.9 Å². The quantitative estimate of drug-likeness (QED) is 0.637. The number of hydrogen-bond donors (Lipinski definition) is 1. The van der Waals surface area contributed by atoms with Crippen LogP contribution in [0, 0.1) is 0 Å². The van der Waals surface area contributed by atoms with E-state index in [-0.39, 0.29) is 17.0 Å². The van der Waals surface area contributed by atoms with Gasteiger partial charge in [0.05, 0.1) is 6.10 Å². The summed E-state index contributed by atoms with van der Waals surface area (Å²) in [5.74, 6) is -0.262. The van der Waals surface area contributed by atoms with E-state index in [4.69, 9.17) is 16.3 Å². The summed E-state index contributed by atoms with van der Waals surface area (Å²) in [5.41, 5.74) is 4.37. The number of ether oxygens (including phenoxy) is 1. The second-order valence-corrected chi connectivity index (χ2v) is 7.65. The lowest BCUT2D eigenvalue weighted by Crippen LogP contribution is -2.21. The standard InChI is InChI=1S/C23H20ClF2N3O2/c1-13-7-8-15(16-10-27-22(24)28-11-16)12-29(13)21-14(2)19(30)9-18(21)17-5-3-4-6-20(17)31-23(25)26/h3-8,10-12,18-19,23,30H,1,9H2,2H3. The van der Waals surface area contributed by atoms with E-state index < -0.39 is 12.7 Å². The summed E-state index contributed by atoms with van der Waals surface area (Å²) in [5, 5.41) is 10.8. The Balaban J connectivity index is 1.76. The number of benzene rings is 1. The molecule has 1 N–H and O–H groups in total. The summed E-state index contributed by atoms with van der Waals surface area (Å²) in [4.78, 5) is 9.92. The predicted molar refractivity (Wildman–Crippen MR) is 114 cm³/mol. The third kappa shape index (κ3) is 4.24. The molecular weight excluding hydrogens is 424 g/mol. The highest BCUT2D eigenvalue weighted by atomic mass is 35.5. The van der Waals surface area contributed by atoms with Crippen LogP contribution >= 0.6 is 11.6 Å². The van der Waals surface area contributed by atoms with Crippen molar-refractivity contribution in [3.05, 3.63) is 95.0 Å². The average molecular weight is 444 g/mol. The molecular formula is C23H20ClF2N3O2. The van der Waals surface area contributed by atoms with Crippen molar-refractivity contribution in [2.45, 2.75) is 32.0 Å². The van der Waals surface area contributed by atoms with Gasteiger partial charge in [0.25, 0.3) is 0 Å². The van der Waals surface area contributed by atoms with E-state index in [1.807, 2.05) is 30.2 Å². The van der Waals surface area contributed by atoms with Crippen LogP contribution in [0.1, 0.15) is 30.4 Å². The van der Waals surface area contributed by atoms with Gasteiger partial charge in [0, 0.05) is 52.6 Å². The lowest BCUT2D eigenvalue weighted by molar-refractivity contribution is -0.0506. The highest BCUT2D eigenvalue weighted by molar-refractivity contribution is 6.28. The van der Waals surface area contributed by atoms with Gasteiger partial charge in [-0.1, -0.05) is 30.9 Å². The number of halogens is 3. The lowest BCUT2D eigenvalue weighted by Gasteiger charge is -2.31. The van der Waals surface area contributed by atoms with Gasteiger partial charge in [-0.15, -0.1) is 0 Å². The van der Waals surface area contributed by atoms with E-state index >= 15 is 0 Å². The van der Waals surface area contributed by atoms with Gasteiger partial charge in [-0.3, -0.25) is 0 Å². The summed E-state index contributed by atoms with van der Waals surface area (Å²) in [6.07, 6.45) is 8.47. The van der Waals surface area contributed by atoms with Crippen LogP contribution in [0.2, 0.25) is 5.28 Å². The maximum absolute atomic E-state index is 13.0. The van der Waals surface area contributed by atoms with Crippen LogP contribution in [0.25, 0.3) is 5.57 Å². The zero-order valence-electron chi connectivity index (χ0n) is 16.7. The Kier molecular flexibility index (Phi) is 5.89. The molecule has 5 nitrogen and oxygen atoms in total. The molecule has 31 heavy (non-hydrogen) atoms. The maximum Gasteiger partial charge on any atom is 0.387 e. The Morgan fingerprint density at radius 1 is 1.23 bits per heavy atom. The first-order chi connectivity index (χ1) is 14.8. The molecule has 0 saturated heterocycles. The molecule has 1 aromatic carbocycles. The first-order valence-electron chi connectivity index (χ1n) is 9.63. The third-order valence-corrected chi connectivity index (χ3v) is 5.64. The van der Waals surface area contributed by atoms with Crippen LogP contribution in [0.3, 0.4) is 0 Å².